The minimum absolute atomic E-state index is 0.154. The van der Waals surface area contributed by atoms with E-state index in [-0.39, 0.29) is 12.0 Å². The summed E-state index contributed by atoms with van der Waals surface area (Å²) < 4.78 is 4.88. The maximum atomic E-state index is 5.49. The Morgan fingerprint density at radius 1 is 1.47 bits per heavy atom. The summed E-state index contributed by atoms with van der Waals surface area (Å²) in [6.45, 7) is 2.88. The maximum absolute atomic E-state index is 5.49. The Labute approximate surface area is 93.0 Å². The minimum atomic E-state index is 0.154. The second kappa shape index (κ2) is 5.59. The molecule has 1 heterocycles. The van der Waals surface area contributed by atoms with E-state index in [0.717, 1.165) is 6.54 Å². The molecule has 6 nitrogen and oxygen atoms in total. The van der Waals surface area contributed by atoms with Gasteiger partial charge in [0.15, 0.2) is 0 Å². The molecule has 0 bridgehead atoms. The maximum Gasteiger partial charge on any atom is 0.322 e. The lowest BCUT2D eigenvalue weighted by Crippen LogP contribution is -2.15. The van der Waals surface area contributed by atoms with E-state index in [1.165, 1.54) is 7.11 Å². The minimum Gasteiger partial charge on any atom is -0.467 e. The van der Waals surface area contributed by atoms with Crippen molar-refractivity contribution in [3.8, 4) is 6.01 Å². The van der Waals surface area contributed by atoms with Crippen LogP contribution in [0.4, 0.5) is 11.9 Å². The summed E-state index contributed by atoms with van der Waals surface area (Å²) >= 11 is 1.76. The Kier molecular flexibility index (Phi) is 4.41. The molecule has 1 aromatic rings. The van der Waals surface area contributed by atoms with Crippen LogP contribution in [0.1, 0.15) is 6.92 Å². The molecule has 0 aliphatic rings. The van der Waals surface area contributed by atoms with Crippen molar-refractivity contribution in [2.45, 2.75) is 12.2 Å². The van der Waals surface area contributed by atoms with Crippen molar-refractivity contribution in [1.29, 1.82) is 0 Å². The molecular formula is C8H15N5OS. The van der Waals surface area contributed by atoms with Gasteiger partial charge < -0.3 is 15.8 Å². The molecule has 1 atom stereocenters. The van der Waals surface area contributed by atoms with E-state index in [2.05, 4.69) is 33.4 Å². The fraction of sp³-hybridized carbons (Fsp3) is 0.625. The van der Waals surface area contributed by atoms with Crippen molar-refractivity contribution in [3.63, 3.8) is 0 Å². The Hall–Kier alpha value is -1.24. The van der Waals surface area contributed by atoms with Gasteiger partial charge in [-0.05, 0) is 6.26 Å². The number of ether oxygens (including phenoxy) is 1. The van der Waals surface area contributed by atoms with Crippen LogP contribution < -0.4 is 15.8 Å². The van der Waals surface area contributed by atoms with Gasteiger partial charge in [0.25, 0.3) is 0 Å². The molecule has 1 aromatic heterocycles. The van der Waals surface area contributed by atoms with Crippen molar-refractivity contribution < 1.29 is 4.74 Å². The first-order valence-electron chi connectivity index (χ1n) is 4.48. The van der Waals surface area contributed by atoms with E-state index in [4.69, 9.17) is 10.5 Å². The van der Waals surface area contributed by atoms with E-state index in [9.17, 15) is 0 Å². The molecule has 0 amide bonds. The third-order valence-corrected chi connectivity index (χ3v) is 2.74. The molecule has 0 saturated heterocycles. The fourth-order valence-electron chi connectivity index (χ4n) is 0.861. The summed E-state index contributed by atoms with van der Waals surface area (Å²) in [4.78, 5) is 11.7. The number of hydrogen-bond acceptors (Lipinski definition) is 7. The second-order valence-electron chi connectivity index (χ2n) is 2.93. The molecule has 15 heavy (non-hydrogen) atoms. The Balaban J connectivity index is 2.64. The lowest BCUT2D eigenvalue weighted by Gasteiger charge is -2.10. The monoisotopic (exact) mass is 229 g/mol. The highest BCUT2D eigenvalue weighted by Gasteiger charge is 2.05. The van der Waals surface area contributed by atoms with Crippen molar-refractivity contribution in [3.05, 3.63) is 0 Å². The van der Waals surface area contributed by atoms with E-state index in [1.54, 1.807) is 11.8 Å². The quantitative estimate of drug-likeness (QED) is 0.765. The first-order chi connectivity index (χ1) is 7.15. The highest BCUT2D eigenvalue weighted by Crippen LogP contribution is 2.10. The zero-order valence-corrected chi connectivity index (χ0v) is 9.84. The van der Waals surface area contributed by atoms with Gasteiger partial charge in [-0.1, -0.05) is 6.92 Å². The van der Waals surface area contributed by atoms with Crippen molar-refractivity contribution in [2.75, 3.05) is 31.0 Å². The number of hydrogen-bond donors (Lipinski definition) is 2. The number of rotatable bonds is 5. The molecule has 1 rings (SSSR count). The lowest BCUT2D eigenvalue weighted by molar-refractivity contribution is 0.379. The molecule has 1 unspecified atom stereocenters. The SMILES string of the molecule is COc1nc(N)nc(NCC(C)SC)n1. The zero-order chi connectivity index (χ0) is 11.3. The van der Waals surface area contributed by atoms with Crippen LogP contribution in [0.2, 0.25) is 0 Å². The lowest BCUT2D eigenvalue weighted by atomic mass is 10.5. The van der Waals surface area contributed by atoms with E-state index < -0.39 is 0 Å². The van der Waals surface area contributed by atoms with Gasteiger partial charge in [0.2, 0.25) is 11.9 Å². The number of methoxy groups -OCH3 is 1. The summed E-state index contributed by atoms with van der Waals surface area (Å²) in [7, 11) is 1.49. The van der Waals surface area contributed by atoms with Crippen molar-refractivity contribution >= 4 is 23.7 Å². The average Bonchev–Trinajstić information content (AvgIpc) is 2.25. The molecule has 0 radical (unpaired) electrons. The number of nitrogens with two attached hydrogens (primary N) is 1. The zero-order valence-electron chi connectivity index (χ0n) is 9.02. The molecule has 0 aromatic carbocycles. The van der Waals surface area contributed by atoms with E-state index in [1.807, 2.05) is 0 Å². The van der Waals surface area contributed by atoms with Crippen LogP contribution >= 0.6 is 11.8 Å². The summed E-state index contributed by atoms with van der Waals surface area (Å²) in [5.41, 5.74) is 5.49. The van der Waals surface area contributed by atoms with Crippen LogP contribution in [0.25, 0.3) is 0 Å². The summed E-state index contributed by atoms with van der Waals surface area (Å²) in [5, 5.41) is 3.55. The van der Waals surface area contributed by atoms with Gasteiger partial charge in [-0.25, -0.2) is 0 Å². The Bertz CT molecular complexity index is 322. The molecule has 0 saturated carbocycles. The van der Waals surface area contributed by atoms with Gasteiger partial charge >= 0.3 is 6.01 Å². The van der Waals surface area contributed by atoms with Gasteiger partial charge in [0.1, 0.15) is 0 Å². The van der Waals surface area contributed by atoms with Crippen molar-refractivity contribution in [2.24, 2.45) is 0 Å². The summed E-state index contributed by atoms with van der Waals surface area (Å²) in [6.07, 6.45) is 2.05. The Morgan fingerprint density at radius 2 is 2.20 bits per heavy atom. The smallest absolute Gasteiger partial charge is 0.322 e. The highest BCUT2D eigenvalue weighted by atomic mass is 32.2. The highest BCUT2D eigenvalue weighted by molar-refractivity contribution is 7.99. The molecule has 0 aliphatic carbocycles. The second-order valence-corrected chi connectivity index (χ2v) is 4.21. The number of aromatic nitrogens is 3. The van der Waals surface area contributed by atoms with Crippen molar-refractivity contribution in [1.82, 2.24) is 15.0 Å². The van der Waals surface area contributed by atoms with E-state index in [0.29, 0.717) is 11.2 Å². The summed E-state index contributed by atoms with van der Waals surface area (Å²) in [5.74, 6) is 0.599. The van der Waals surface area contributed by atoms with Crippen LogP contribution in [-0.2, 0) is 0 Å². The Morgan fingerprint density at radius 3 is 2.80 bits per heavy atom. The standard InChI is InChI=1S/C8H15N5OS/c1-5(15-3)4-10-7-11-6(9)12-8(13-7)14-2/h5H,4H2,1-3H3,(H3,9,10,11,12,13). The van der Waals surface area contributed by atoms with Gasteiger partial charge in [0.05, 0.1) is 7.11 Å². The van der Waals surface area contributed by atoms with Crippen LogP contribution in [0.5, 0.6) is 6.01 Å². The summed E-state index contributed by atoms with van der Waals surface area (Å²) in [6, 6.07) is 0.224. The van der Waals surface area contributed by atoms with Gasteiger partial charge in [-0.15, -0.1) is 0 Å². The average molecular weight is 229 g/mol. The molecular weight excluding hydrogens is 214 g/mol. The molecule has 0 aliphatic heterocycles. The van der Waals surface area contributed by atoms with E-state index >= 15 is 0 Å². The predicted octanol–water partition coefficient (Wildman–Crippen LogP) is 0.626. The number of nitrogens with zero attached hydrogens (tertiary/aromatic N) is 3. The van der Waals surface area contributed by atoms with Gasteiger partial charge in [-0.3, -0.25) is 0 Å². The number of thioether (sulfide) groups is 1. The van der Waals surface area contributed by atoms with Crippen LogP contribution in [0.15, 0.2) is 0 Å². The van der Waals surface area contributed by atoms with Gasteiger partial charge in [0, 0.05) is 11.8 Å². The third kappa shape index (κ3) is 3.78. The molecule has 3 N–H and O–H groups in total. The fourth-order valence-corrected chi connectivity index (χ4v) is 1.11. The third-order valence-electron chi connectivity index (χ3n) is 1.76. The van der Waals surface area contributed by atoms with Crippen LogP contribution in [0, 0.1) is 0 Å². The predicted molar refractivity (Wildman–Crippen MR) is 62.3 cm³/mol. The molecule has 0 spiro atoms. The first-order valence-corrected chi connectivity index (χ1v) is 5.76. The number of anilines is 2. The van der Waals surface area contributed by atoms with Crippen LogP contribution in [-0.4, -0.2) is 40.1 Å². The topological polar surface area (TPSA) is 86.0 Å². The number of nitrogen functional groups attached to an aromatic ring is 1. The first kappa shape index (κ1) is 11.8. The molecule has 0 fully saturated rings. The molecule has 84 valence electrons. The normalized spacial score (nSPS) is 12.2. The largest absolute Gasteiger partial charge is 0.467 e. The molecule has 7 heteroatoms. The van der Waals surface area contributed by atoms with Gasteiger partial charge in [-0.2, -0.15) is 26.7 Å². The van der Waals surface area contributed by atoms with Crippen LogP contribution in [0.3, 0.4) is 0 Å². The number of nitrogens with one attached hydrogen (secondary N) is 1.